The number of methoxy groups -OCH3 is 1. The number of hydrogen-bond donors (Lipinski definition) is 1. The zero-order valence-electron chi connectivity index (χ0n) is 11.5. The summed E-state index contributed by atoms with van der Waals surface area (Å²) in [6.07, 6.45) is 1.29. The van der Waals surface area contributed by atoms with Crippen LogP contribution in [0.3, 0.4) is 0 Å². The Kier molecular flexibility index (Phi) is 6.94. The van der Waals surface area contributed by atoms with Crippen molar-refractivity contribution >= 4 is 0 Å². The van der Waals surface area contributed by atoms with Gasteiger partial charge in [-0.15, -0.1) is 0 Å². The summed E-state index contributed by atoms with van der Waals surface area (Å²) in [5.41, 5.74) is 1.26. The lowest BCUT2D eigenvalue weighted by Crippen LogP contribution is -2.30. The van der Waals surface area contributed by atoms with Crippen molar-refractivity contribution in [2.75, 3.05) is 13.9 Å². The Bertz CT molecular complexity index is 313. The third-order valence-corrected chi connectivity index (χ3v) is 3.37. The zero-order chi connectivity index (χ0) is 13.4. The summed E-state index contributed by atoms with van der Waals surface area (Å²) >= 11 is 0. The van der Waals surface area contributed by atoms with Crippen LogP contribution < -0.4 is 0 Å². The molecular formula is C15H24O3. The van der Waals surface area contributed by atoms with Crippen molar-refractivity contribution in [1.82, 2.24) is 0 Å². The smallest absolute Gasteiger partial charge is 0.146 e. The predicted molar refractivity (Wildman–Crippen MR) is 72.4 cm³/mol. The third-order valence-electron chi connectivity index (χ3n) is 3.37. The van der Waals surface area contributed by atoms with Crippen molar-refractivity contribution in [3.05, 3.63) is 35.9 Å². The zero-order valence-corrected chi connectivity index (χ0v) is 11.5. The lowest BCUT2D eigenvalue weighted by Gasteiger charge is -2.25. The van der Waals surface area contributed by atoms with E-state index in [1.54, 1.807) is 7.11 Å². The van der Waals surface area contributed by atoms with Crippen LogP contribution >= 0.6 is 0 Å². The molecule has 0 fully saturated rings. The molecule has 1 aromatic carbocycles. The van der Waals surface area contributed by atoms with E-state index >= 15 is 0 Å². The Morgan fingerprint density at radius 2 is 1.83 bits per heavy atom. The molecular weight excluding hydrogens is 228 g/mol. The summed E-state index contributed by atoms with van der Waals surface area (Å²) < 4.78 is 10.3. The molecule has 0 aromatic heterocycles. The molecule has 0 saturated carbocycles. The van der Waals surface area contributed by atoms with E-state index in [1.807, 2.05) is 32.0 Å². The summed E-state index contributed by atoms with van der Waals surface area (Å²) in [7, 11) is 1.60. The Morgan fingerprint density at radius 3 is 2.44 bits per heavy atom. The highest BCUT2D eigenvalue weighted by Crippen LogP contribution is 2.16. The number of aliphatic hydroxyl groups excluding tert-OH is 1. The molecule has 0 radical (unpaired) electrons. The number of benzene rings is 1. The highest BCUT2D eigenvalue weighted by atomic mass is 16.7. The second-order valence-corrected chi connectivity index (χ2v) is 4.73. The number of aliphatic hydroxyl groups is 1. The van der Waals surface area contributed by atoms with Crippen molar-refractivity contribution < 1.29 is 14.6 Å². The standard InChI is InChI=1S/C15H24O3/c1-12(13(2)18-11-17-3)15(16)10-9-14-7-5-4-6-8-14/h4-8,12-13,15-16H,9-11H2,1-3H3/t12-,13+,15+/m1/s1. The van der Waals surface area contributed by atoms with Crippen LogP contribution in [-0.4, -0.2) is 31.2 Å². The number of rotatable bonds is 8. The van der Waals surface area contributed by atoms with Crippen molar-refractivity contribution in [2.24, 2.45) is 5.92 Å². The molecule has 0 amide bonds. The Balaban J connectivity index is 2.33. The molecule has 0 spiro atoms. The largest absolute Gasteiger partial charge is 0.393 e. The van der Waals surface area contributed by atoms with Crippen LogP contribution in [0.25, 0.3) is 0 Å². The second-order valence-electron chi connectivity index (χ2n) is 4.73. The fourth-order valence-corrected chi connectivity index (χ4v) is 1.86. The lowest BCUT2D eigenvalue weighted by atomic mass is 9.94. The van der Waals surface area contributed by atoms with Gasteiger partial charge >= 0.3 is 0 Å². The van der Waals surface area contributed by atoms with Crippen LogP contribution in [0.4, 0.5) is 0 Å². The monoisotopic (exact) mass is 252 g/mol. The fourth-order valence-electron chi connectivity index (χ4n) is 1.86. The van der Waals surface area contributed by atoms with Gasteiger partial charge in [-0.3, -0.25) is 0 Å². The van der Waals surface area contributed by atoms with Gasteiger partial charge in [0, 0.05) is 13.0 Å². The van der Waals surface area contributed by atoms with E-state index < -0.39 is 0 Å². The van der Waals surface area contributed by atoms with Gasteiger partial charge in [0.1, 0.15) is 6.79 Å². The minimum absolute atomic E-state index is 0.00396. The normalized spacial score (nSPS) is 16.2. The Labute approximate surface area is 110 Å². The molecule has 3 nitrogen and oxygen atoms in total. The average molecular weight is 252 g/mol. The summed E-state index contributed by atoms with van der Waals surface area (Å²) in [4.78, 5) is 0. The summed E-state index contributed by atoms with van der Waals surface area (Å²) in [5, 5.41) is 10.1. The molecule has 0 aliphatic carbocycles. The highest BCUT2D eigenvalue weighted by Gasteiger charge is 2.21. The van der Waals surface area contributed by atoms with Crippen LogP contribution in [0.5, 0.6) is 0 Å². The maximum absolute atomic E-state index is 10.1. The molecule has 1 N–H and O–H groups in total. The summed E-state index contributed by atoms with van der Waals surface area (Å²) in [6.45, 7) is 4.25. The molecule has 1 aromatic rings. The van der Waals surface area contributed by atoms with Gasteiger partial charge in [0.05, 0.1) is 12.2 Å². The van der Waals surface area contributed by atoms with E-state index in [0.29, 0.717) is 0 Å². The Morgan fingerprint density at radius 1 is 1.17 bits per heavy atom. The van der Waals surface area contributed by atoms with Crippen molar-refractivity contribution in [2.45, 2.75) is 38.9 Å². The maximum atomic E-state index is 10.1. The van der Waals surface area contributed by atoms with E-state index in [4.69, 9.17) is 9.47 Å². The number of hydrogen-bond acceptors (Lipinski definition) is 3. The van der Waals surface area contributed by atoms with E-state index in [-0.39, 0.29) is 24.9 Å². The molecule has 1 rings (SSSR count). The van der Waals surface area contributed by atoms with Crippen LogP contribution in [0.2, 0.25) is 0 Å². The van der Waals surface area contributed by atoms with Gasteiger partial charge in [0.25, 0.3) is 0 Å². The van der Waals surface area contributed by atoms with Crippen LogP contribution in [-0.2, 0) is 15.9 Å². The SMILES string of the molecule is COCO[C@@H](C)[C@@H](C)[C@@H](O)CCc1ccccc1. The summed E-state index contributed by atoms with van der Waals surface area (Å²) in [6, 6.07) is 10.2. The second kappa shape index (κ2) is 8.25. The predicted octanol–water partition coefficient (Wildman–Crippen LogP) is 2.63. The molecule has 3 atom stereocenters. The molecule has 0 heterocycles. The molecule has 0 aliphatic rings. The molecule has 102 valence electrons. The first kappa shape index (κ1) is 15.2. The first-order valence-corrected chi connectivity index (χ1v) is 6.47. The summed E-state index contributed by atoms with van der Waals surface area (Å²) in [5.74, 6) is 0.101. The first-order valence-electron chi connectivity index (χ1n) is 6.47. The van der Waals surface area contributed by atoms with Crippen LogP contribution in [0, 0.1) is 5.92 Å². The maximum Gasteiger partial charge on any atom is 0.146 e. The fraction of sp³-hybridized carbons (Fsp3) is 0.600. The van der Waals surface area contributed by atoms with Gasteiger partial charge in [0.15, 0.2) is 0 Å². The third kappa shape index (κ3) is 5.17. The van der Waals surface area contributed by atoms with Gasteiger partial charge < -0.3 is 14.6 Å². The van der Waals surface area contributed by atoms with Crippen molar-refractivity contribution in [3.63, 3.8) is 0 Å². The number of ether oxygens (including phenoxy) is 2. The van der Waals surface area contributed by atoms with Gasteiger partial charge in [0.2, 0.25) is 0 Å². The molecule has 3 heteroatoms. The van der Waals surface area contributed by atoms with Gasteiger partial charge in [-0.2, -0.15) is 0 Å². The highest BCUT2D eigenvalue weighted by molar-refractivity contribution is 5.14. The Hall–Kier alpha value is -0.900. The van der Waals surface area contributed by atoms with Gasteiger partial charge in [-0.1, -0.05) is 37.3 Å². The molecule has 0 saturated heterocycles. The molecule has 18 heavy (non-hydrogen) atoms. The van der Waals surface area contributed by atoms with Crippen molar-refractivity contribution in [3.8, 4) is 0 Å². The number of aryl methyl sites for hydroxylation is 1. The van der Waals surface area contributed by atoms with Gasteiger partial charge in [-0.25, -0.2) is 0 Å². The molecule has 0 bridgehead atoms. The first-order chi connectivity index (χ1) is 8.65. The van der Waals surface area contributed by atoms with E-state index in [1.165, 1.54) is 5.56 Å². The lowest BCUT2D eigenvalue weighted by molar-refractivity contribution is -0.0994. The van der Waals surface area contributed by atoms with Crippen molar-refractivity contribution in [1.29, 1.82) is 0 Å². The minimum atomic E-state index is -0.350. The van der Waals surface area contributed by atoms with Crippen LogP contribution in [0.15, 0.2) is 30.3 Å². The van der Waals surface area contributed by atoms with Gasteiger partial charge in [-0.05, 0) is 25.3 Å². The van der Waals surface area contributed by atoms with E-state index in [0.717, 1.165) is 12.8 Å². The molecule has 0 aliphatic heterocycles. The average Bonchev–Trinajstić information content (AvgIpc) is 2.42. The van der Waals surface area contributed by atoms with E-state index in [2.05, 4.69) is 12.1 Å². The quantitative estimate of drug-likeness (QED) is 0.723. The van der Waals surface area contributed by atoms with Crippen LogP contribution in [0.1, 0.15) is 25.8 Å². The topological polar surface area (TPSA) is 38.7 Å². The van der Waals surface area contributed by atoms with E-state index in [9.17, 15) is 5.11 Å². The molecule has 0 unspecified atom stereocenters. The minimum Gasteiger partial charge on any atom is -0.393 e.